The van der Waals surface area contributed by atoms with Gasteiger partial charge in [-0.15, -0.1) is 0 Å². The van der Waals surface area contributed by atoms with Gasteiger partial charge in [-0.3, -0.25) is 0 Å². The molecule has 1 heterocycles. The molecule has 0 unspecified atom stereocenters. The number of ether oxygens (including phenoxy) is 2. The van der Waals surface area contributed by atoms with Crippen LogP contribution < -0.4 is 0 Å². The molecule has 0 aliphatic carbocycles. The summed E-state index contributed by atoms with van der Waals surface area (Å²) in [5.41, 5.74) is 0.906. The molecule has 1 saturated heterocycles. The topological polar surface area (TPSA) is 42.2 Å². The highest BCUT2D eigenvalue weighted by molar-refractivity contribution is 5.17. The van der Waals surface area contributed by atoms with Gasteiger partial charge in [0.15, 0.2) is 0 Å². The number of hydrogen-bond acceptors (Lipinski definition) is 3. The molecule has 13 heavy (non-hydrogen) atoms. The Morgan fingerprint density at radius 2 is 2.38 bits per heavy atom. The van der Waals surface area contributed by atoms with Gasteiger partial charge in [0.05, 0.1) is 32.5 Å². The molecule has 72 valence electrons. The van der Waals surface area contributed by atoms with Crippen molar-refractivity contribution in [2.45, 2.75) is 13.8 Å². The Labute approximate surface area is 78.9 Å². The number of hydrogen-bond donors (Lipinski definition) is 0. The summed E-state index contributed by atoms with van der Waals surface area (Å²) in [6, 6.07) is 2.05. The van der Waals surface area contributed by atoms with Crippen molar-refractivity contribution in [3.8, 4) is 6.07 Å². The molecular weight excluding hydrogens is 166 g/mol. The minimum Gasteiger partial charge on any atom is -0.380 e. The quantitative estimate of drug-likeness (QED) is 0.487. The SMILES string of the molecule is CC(C#N)=CCOCC1(C)COC1. The van der Waals surface area contributed by atoms with Gasteiger partial charge in [-0.2, -0.15) is 5.26 Å². The minimum atomic E-state index is 0.203. The molecule has 0 amide bonds. The zero-order chi connectivity index (χ0) is 9.73. The summed E-state index contributed by atoms with van der Waals surface area (Å²) in [5, 5.41) is 8.46. The van der Waals surface area contributed by atoms with Gasteiger partial charge in [0.25, 0.3) is 0 Å². The Bertz CT molecular complexity index is 236. The maximum Gasteiger partial charge on any atom is 0.0941 e. The number of nitrogens with zero attached hydrogens (tertiary/aromatic N) is 1. The van der Waals surface area contributed by atoms with E-state index in [0.717, 1.165) is 13.2 Å². The van der Waals surface area contributed by atoms with Crippen LogP contribution in [0.15, 0.2) is 11.6 Å². The molecule has 0 aromatic carbocycles. The van der Waals surface area contributed by atoms with Crippen LogP contribution in [0, 0.1) is 16.7 Å². The molecule has 0 saturated carbocycles. The van der Waals surface area contributed by atoms with Crippen molar-refractivity contribution < 1.29 is 9.47 Å². The first-order valence-corrected chi connectivity index (χ1v) is 4.39. The molecule has 0 aromatic rings. The van der Waals surface area contributed by atoms with Crippen molar-refractivity contribution in [2.24, 2.45) is 5.41 Å². The van der Waals surface area contributed by atoms with E-state index in [1.165, 1.54) is 0 Å². The summed E-state index contributed by atoms with van der Waals surface area (Å²) >= 11 is 0. The van der Waals surface area contributed by atoms with Crippen molar-refractivity contribution in [2.75, 3.05) is 26.4 Å². The van der Waals surface area contributed by atoms with E-state index in [-0.39, 0.29) is 5.41 Å². The second-order valence-corrected chi connectivity index (χ2v) is 3.82. The maximum absolute atomic E-state index is 8.46. The summed E-state index contributed by atoms with van der Waals surface area (Å²) in [4.78, 5) is 0. The lowest BCUT2D eigenvalue weighted by atomic mass is 9.90. The third-order valence-corrected chi connectivity index (χ3v) is 2.04. The second kappa shape index (κ2) is 4.40. The van der Waals surface area contributed by atoms with Gasteiger partial charge in [-0.05, 0) is 13.0 Å². The highest BCUT2D eigenvalue weighted by Crippen LogP contribution is 2.26. The molecule has 0 N–H and O–H groups in total. The van der Waals surface area contributed by atoms with Crippen LogP contribution in [0.25, 0.3) is 0 Å². The van der Waals surface area contributed by atoms with Gasteiger partial charge in [-0.25, -0.2) is 0 Å². The normalized spacial score (nSPS) is 20.5. The summed E-state index contributed by atoms with van der Waals surface area (Å²) in [6.45, 7) is 6.72. The first-order chi connectivity index (χ1) is 6.16. The van der Waals surface area contributed by atoms with Gasteiger partial charge < -0.3 is 9.47 Å². The summed E-state index contributed by atoms with van der Waals surface area (Å²) in [6.07, 6.45) is 1.79. The average molecular weight is 181 g/mol. The van der Waals surface area contributed by atoms with Crippen molar-refractivity contribution in [1.82, 2.24) is 0 Å². The Hall–Kier alpha value is -0.850. The lowest BCUT2D eigenvalue weighted by Crippen LogP contribution is -2.43. The van der Waals surface area contributed by atoms with Crippen LogP contribution in [-0.4, -0.2) is 26.4 Å². The van der Waals surface area contributed by atoms with Crippen molar-refractivity contribution in [1.29, 1.82) is 5.26 Å². The first-order valence-electron chi connectivity index (χ1n) is 4.39. The average Bonchev–Trinajstić information content (AvgIpc) is 2.09. The van der Waals surface area contributed by atoms with Gasteiger partial charge in [-0.1, -0.05) is 6.92 Å². The van der Waals surface area contributed by atoms with Gasteiger partial charge >= 0.3 is 0 Å². The molecule has 1 aliphatic rings. The second-order valence-electron chi connectivity index (χ2n) is 3.82. The van der Waals surface area contributed by atoms with Crippen molar-refractivity contribution in [3.05, 3.63) is 11.6 Å². The molecule has 0 bridgehead atoms. The number of nitriles is 1. The lowest BCUT2D eigenvalue weighted by Gasteiger charge is -2.37. The predicted octanol–water partition coefficient (Wildman–Crippen LogP) is 1.51. The van der Waals surface area contributed by atoms with Crippen molar-refractivity contribution in [3.63, 3.8) is 0 Å². The molecule has 1 fully saturated rings. The summed E-state index contributed by atoms with van der Waals surface area (Å²) < 4.78 is 10.5. The lowest BCUT2D eigenvalue weighted by molar-refractivity contribution is -0.135. The molecule has 1 aliphatic heterocycles. The largest absolute Gasteiger partial charge is 0.380 e. The smallest absolute Gasteiger partial charge is 0.0941 e. The van der Waals surface area contributed by atoms with Crippen LogP contribution >= 0.6 is 0 Å². The molecule has 0 spiro atoms. The molecule has 3 nitrogen and oxygen atoms in total. The van der Waals surface area contributed by atoms with Gasteiger partial charge in [0.2, 0.25) is 0 Å². The maximum atomic E-state index is 8.46. The zero-order valence-electron chi connectivity index (χ0n) is 8.17. The highest BCUT2D eigenvalue weighted by atomic mass is 16.5. The molecule has 0 aromatic heterocycles. The van der Waals surface area contributed by atoms with Gasteiger partial charge in [0.1, 0.15) is 0 Å². The fraction of sp³-hybridized carbons (Fsp3) is 0.700. The Morgan fingerprint density at radius 1 is 1.69 bits per heavy atom. The number of allylic oxidation sites excluding steroid dienone is 1. The Morgan fingerprint density at radius 3 is 2.85 bits per heavy atom. The fourth-order valence-electron chi connectivity index (χ4n) is 1.07. The molecule has 3 heteroatoms. The van der Waals surface area contributed by atoms with Crippen LogP contribution in [0.2, 0.25) is 0 Å². The number of rotatable bonds is 4. The van der Waals surface area contributed by atoms with Crippen LogP contribution in [0.1, 0.15) is 13.8 Å². The monoisotopic (exact) mass is 181 g/mol. The molecule has 1 rings (SSSR count). The van der Waals surface area contributed by atoms with E-state index in [4.69, 9.17) is 14.7 Å². The molecular formula is C10H15NO2. The fourth-order valence-corrected chi connectivity index (χ4v) is 1.07. The third-order valence-electron chi connectivity index (χ3n) is 2.04. The van der Waals surface area contributed by atoms with E-state index < -0.39 is 0 Å². The van der Waals surface area contributed by atoms with E-state index in [0.29, 0.717) is 18.8 Å². The highest BCUT2D eigenvalue weighted by Gasteiger charge is 2.33. The van der Waals surface area contributed by atoms with E-state index in [9.17, 15) is 0 Å². The van der Waals surface area contributed by atoms with Crippen LogP contribution in [0.5, 0.6) is 0 Å². The Balaban J connectivity index is 2.11. The van der Waals surface area contributed by atoms with E-state index in [1.807, 2.05) is 6.07 Å². The third kappa shape index (κ3) is 3.17. The zero-order valence-corrected chi connectivity index (χ0v) is 8.17. The van der Waals surface area contributed by atoms with E-state index in [2.05, 4.69) is 6.92 Å². The van der Waals surface area contributed by atoms with Crippen molar-refractivity contribution >= 4 is 0 Å². The van der Waals surface area contributed by atoms with Crippen LogP contribution in [-0.2, 0) is 9.47 Å². The summed E-state index contributed by atoms with van der Waals surface area (Å²) in [7, 11) is 0. The van der Waals surface area contributed by atoms with Crippen LogP contribution in [0.3, 0.4) is 0 Å². The predicted molar refractivity (Wildman–Crippen MR) is 49.1 cm³/mol. The molecule has 0 radical (unpaired) electrons. The van der Waals surface area contributed by atoms with Gasteiger partial charge in [0, 0.05) is 11.0 Å². The summed E-state index contributed by atoms with van der Waals surface area (Å²) in [5.74, 6) is 0. The van der Waals surface area contributed by atoms with E-state index >= 15 is 0 Å². The molecule has 0 atom stereocenters. The Kier molecular flexibility index (Phi) is 3.47. The van der Waals surface area contributed by atoms with E-state index in [1.54, 1.807) is 13.0 Å². The first kappa shape index (κ1) is 10.2. The standard InChI is InChI=1S/C10H15NO2/c1-9(5-11)3-4-12-6-10(2)7-13-8-10/h3H,4,6-8H2,1-2H3. The minimum absolute atomic E-state index is 0.203. The van der Waals surface area contributed by atoms with Crippen LogP contribution in [0.4, 0.5) is 0 Å².